The lowest BCUT2D eigenvalue weighted by atomic mass is 10.3. The topological polar surface area (TPSA) is 55.6 Å². The van der Waals surface area contributed by atoms with E-state index in [9.17, 15) is 13.2 Å². The Hall–Kier alpha value is -1.96. The molecular formula is C17H28F3N5. The lowest BCUT2D eigenvalue weighted by molar-refractivity contribution is -0.140. The highest BCUT2D eigenvalue weighted by Gasteiger charge is 2.35. The van der Waals surface area contributed by atoms with Crippen LogP contribution in [-0.2, 0) is 12.7 Å². The third kappa shape index (κ3) is 6.45. The van der Waals surface area contributed by atoms with Gasteiger partial charge in [0.25, 0.3) is 0 Å². The Morgan fingerprint density at radius 1 is 1.08 bits per heavy atom. The number of nitrogens with one attached hydrogen (secondary N) is 1. The third-order valence-electron chi connectivity index (χ3n) is 2.87. The van der Waals surface area contributed by atoms with Crippen molar-refractivity contribution in [1.29, 1.82) is 0 Å². The van der Waals surface area contributed by atoms with E-state index in [1.54, 1.807) is 33.3 Å². The van der Waals surface area contributed by atoms with Crippen LogP contribution in [0, 0.1) is 0 Å². The molecule has 0 aliphatic rings. The van der Waals surface area contributed by atoms with Gasteiger partial charge in [0.05, 0.1) is 0 Å². The molecule has 0 fully saturated rings. The van der Waals surface area contributed by atoms with Crippen LogP contribution in [0.2, 0.25) is 0 Å². The zero-order valence-electron chi connectivity index (χ0n) is 15.9. The lowest BCUT2D eigenvalue weighted by Gasteiger charge is -2.10. The lowest BCUT2D eigenvalue weighted by Crippen LogP contribution is -2.07. The van der Waals surface area contributed by atoms with Crippen LogP contribution >= 0.6 is 0 Å². The van der Waals surface area contributed by atoms with E-state index in [4.69, 9.17) is 0 Å². The van der Waals surface area contributed by atoms with Crippen molar-refractivity contribution in [3.63, 3.8) is 0 Å². The predicted molar refractivity (Wildman–Crippen MR) is 94.1 cm³/mol. The Morgan fingerprint density at radius 3 is 2.00 bits per heavy atom. The van der Waals surface area contributed by atoms with Gasteiger partial charge in [0.2, 0.25) is 0 Å². The normalized spacial score (nSPS) is 10.7. The maximum Gasteiger partial charge on any atom is 0.434 e. The Bertz CT molecular complexity index is 604. The maximum absolute atomic E-state index is 12.8. The second kappa shape index (κ2) is 10.8. The first-order valence-electron chi connectivity index (χ1n) is 8.45. The highest BCUT2D eigenvalue weighted by atomic mass is 19.4. The standard InChI is InChI=1S/C13H16F3N5.2C2H6/c1-8(2)21-7-10(13(14,15)16)20-12(21)11-18-5-9(4-17-3)6-19-11;2*1-2/h5-8,17H,4H2,1-3H3;2*1-2H3. The van der Waals surface area contributed by atoms with Crippen molar-refractivity contribution in [3.05, 3.63) is 29.8 Å². The molecule has 0 amide bonds. The average Bonchev–Trinajstić information content (AvgIpc) is 3.05. The molecule has 5 nitrogen and oxygen atoms in total. The van der Waals surface area contributed by atoms with E-state index >= 15 is 0 Å². The summed E-state index contributed by atoms with van der Waals surface area (Å²) in [5, 5.41) is 2.95. The van der Waals surface area contributed by atoms with Gasteiger partial charge in [0, 0.05) is 36.7 Å². The highest BCUT2D eigenvalue weighted by molar-refractivity contribution is 5.45. The summed E-state index contributed by atoms with van der Waals surface area (Å²) >= 11 is 0. The van der Waals surface area contributed by atoms with Crippen molar-refractivity contribution in [3.8, 4) is 11.6 Å². The molecule has 0 saturated heterocycles. The molecule has 0 aromatic carbocycles. The highest BCUT2D eigenvalue weighted by Crippen LogP contribution is 2.31. The fourth-order valence-electron chi connectivity index (χ4n) is 1.85. The van der Waals surface area contributed by atoms with Gasteiger partial charge in [-0.15, -0.1) is 0 Å². The molecule has 0 unspecified atom stereocenters. The van der Waals surface area contributed by atoms with Crippen LogP contribution in [0.1, 0.15) is 58.8 Å². The first-order chi connectivity index (χ1) is 11.8. The number of alkyl halides is 3. The van der Waals surface area contributed by atoms with E-state index in [0.717, 1.165) is 11.8 Å². The van der Waals surface area contributed by atoms with Crippen molar-refractivity contribution in [2.45, 2.75) is 60.3 Å². The molecule has 2 aromatic heterocycles. The maximum atomic E-state index is 12.8. The van der Waals surface area contributed by atoms with Gasteiger partial charge >= 0.3 is 6.18 Å². The Balaban J connectivity index is 0.00000134. The van der Waals surface area contributed by atoms with Crippen molar-refractivity contribution < 1.29 is 13.2 Å². The predicted octanol–water partition coefficient (Wildman–Crippen LogP) is 4.71. The Kier molecular flexibility index (Phi) is 9.96. The van der Waals surface area contributed by atoms with Gasteiger partial charge in [-0.25, -0.2) is 15.0 Å². The second-order valence-corrected chi connectivity index (χ2v) is 4.89. The zero-order valence-corrected chi connectivity index (χ0v) is 15.9. The first kappa shape index (κ1) is 23.0. The molecule has 0 bridgehead atoms. The zero-order chi connectivity index (χ0) is 19.6. The number of hydrogen-bond acceptors (Lipinski definition) is 4. The molecule has 0 aliphatic heterocycles. The molecule has 0 atom stereocenters. The third-order valence-corrected chi connectivity index (χ3v) is 2.87. The smallest absolute Gasteiger partial charge is 0.325 e. The largest absolute Gasteiger partial charge is 0.434 e. The number of rotatable bonds is 4. The Labute approximate surface area is 147 Å². The molecule has 0 aliphatic carbocycles. The van der Waals surface area contributed by atoms with Crippen LogP contribution in [0.3, 0.4) is 0 Å². The van der Waals surface area contributed by atoms with Gasteiger partial charge in [0.15, 0.2) is 17.3 Å². The van der Waals surface area contributed by atoms with E-state index in [0.29, 0.717) is 6.54 Å². The molecule has 0 radical (unpaired) electrons. The van der Waals surface area contributed by atoms with E-state index < -0.39 is 11.9 Å². The minimum Gasteiger partial charge on any atom is -0.325 e. The van der Waals surface area contributed by atoms with Crippen molar-refractivity contribution in [2.24, 2.45) is 0 Å². The van der Waals surface area contributed by atoms with Crippen molar-refractivity contribution >= 4 is 0 Å². The van der Waals surface area contributed by atoms with E-state index in [2.05, 4.69) is 20.3 Å². The molecule has 1 N–H and O–H groups in total. The van der Waals surface area contributed by atoms with Gasteiger partial charge < -0.3 is 9.88 Å². The fourth-order valence-corrected chi connectivity index (χ4v) is 1.85. The summed E-state index contributed by atoms with van der Waals surface area (Å²) in [7, 11) is 1.79. The summed E-state index contributed by atoms with van der Waals surface area (Å²) in [6.45, 7) is 12.1. The van der Waals surface area contributed by atoms with Gasteiger partial charge in [-0.05, 0) is 20.9 Å². The van der Waals surface area contributed by atoms with Crippen LogP contribution in [0.5, 0.6) is 0 Å². The quantitative estimate of drug-likeness (QED) is 0.859. The molecule has 0 saturated carbocycles. The molecule has 2 aromatic rings. The number of aromatic nitrogens is 4. The summed E-state index contributed by atoms with van der Waals surface area (Å²) in [6.07, 6.45) is -0.345. The number of imidazole rings is 1. The fraction of sp³-hybridized carbons (Fsp3) is 0.588. The Morgan fingerprint density at radius 2 is 1.60 bits per heavy atom. The van der Waals surface area contributed by atoms with Gasteiger partial charge in [0.1, 0.15) is 0 Å². The van der Waals surface area contributed by atoms with E-state index in [1.807, 2.05) is 27.7 Å². The molecule has 2 heterocycles. The second-order valence-electron chi connectivity index (χ2n) is 4.89. The first-order valence-corrected chi connectivity index (χ1v) is 8.45. The van der Waals surface area contributed by atoms with E-state index in [1.165, 1.54) is 4.57 Å². The SMILES string of the molecule is CC.CC.CNCc1cnc(-c2nc(C(F)(F)F)cn2C(C)C)nc1. The summed E-state index contributed by atoms with van der Waals surface area (Å²) < 4.78 is 39.8. The molecule has 8 heteroatoms. The summed E-state index contributed by atoms with van der Waals surface area (Å²) in [4.78, 5) is 11.9. The monoisotopic (exact) mass is 359 g/mol. The minimum absolute atomic E-state index is 0.119. The molecule has 142 valence electrons. The minimum atomic E-state index is -4.49. The van der Waals surface area contributed by atoms with Crippen molar-refractivity contribution in [2.75, 3.05) is 7.05 Å². The van der Waals surface area contributed by atoms with E-state index in [-0.39, 0.29) is 17.7 Å². The van der Waals surface area contributed by atoms with Gasteiger partial charge in [-0.3, -0.25) is 0 Å². The summed E-state index contributed by atoms with van der Waals surface area (Å²) in [6, 6.07) is -0.177. The van der Waals surface area contributed by atoms with Gasteiger partial charge in [-0.2, -0.15) is 13.2 Å². The number of halogens is 3. The molecule has 25 heavy (non-hydrogen) atoms. The summed E-state index contributed by atoms with van der Waals surface area (Å²) in [5.74, 6) is 0.299. The van der Waals surface area contributed by atoms with Crippen molar-refractivity contribution in [1.82, 2.24) is 24.8 Å². The molecule has 2 rings (SSSR count). The van der Waals surface area contributed by atoms with Gasteiger partial charge in [-0.1, -0.05) is 27.7 Å². The number of nitrogens with zero attached hydrogens (tertiary/aromatic N) is 4. The van der Waals surface area contributed by atoms with Crippen LogP contribution in [-0.4, -0.2) is 26.6 Å². The van der Waals surface area contributed by atoms with Crippen LogP contribution in [0.4, 0.5) is 13.2 Å². The number of hydrogen-bond donors (Lipinski definition) is 1. The van der Waals surface area contributed by atoms with Crippen LogP contribution in [0.15, 0.2) is 18.6 Å². The summed E-state index contributed by atoms with van der Waals surface area (Å²) in [5.41, 5.74) is -0.0888. The molecular weight excluding hydrogens is 331 g/mol. The van der Waals surface area contributed by atoms with Crippen LogP contribution < -0.4 is 5.32 Å². The van der Waals surface area contributed by atoms with Crippen LogP contribution in [0.25, 0.3) is 11.6 Å². The average molecular weight is 359 g/mol. The molecule has 0 spiro atoms.